The van der Waals surface area contributed by atoms with Gasteiger partial charge in [-0.1, -0.05) is 38.1 Å². The van der Waals surface area contributed by atoms with Crippen LogP contribution in [-0.4, -0.2) is 82.6 Å². The van der Waals surface area contributed by atoms with E-state index in [1.807, 2.05) is 31.1 Å². The van der Waals surface area contributed by atoms with Gasteiger partial charge in [-0.3, -0.25) is 9.59 Å². The summed E-state index contributed by atoms with van der Waals surface area (Å²) >= 11 is 0. The number of H-pyrrole nitrogens is 2. The first kappa shape index (κ1) is 35.6. The molecule has 3 saturated carbocycles. The SMILES string of the molecule is CNCC(=O)NCCCCc1ncc(-c2ccc(C34CCC(c5cnc(C6CCCN6C(=O)C(NC(=O)OC)C(C)C)[nH]5)(CC3)CC4)cc2)[nH]1. The maximum absolute atomic E-state index is 13.6. The Kier molecular flexibility index (Phi) is 11.0. The van der Waals surface area contributed by atoms with Crippen LogP contribution in [0.2, 0.25) is 0 Å². The Morgan fingerprint density at radius 1 is 0.980 bits per heavy atom. The zero-order valence-electron chi connectivity index (χ0n) is 30.1. The minimum Gasteiger partial charge on any atom is -0.453 e. The summed E-state index contributed by atoms with van der Waals surface area (Å²) in [6.45, 7) is 5.55. The highest BCUT2D eigenvalue weighted by molar-refractivity contribution is 5.86. The van der Waals surface area contributed by atoms with E-state index in [4.69, 9.17) is 9.72 Å². The molecule has 2 unspecified atom stereocenters. The number of likely N-dealkylation sites (N-methyl/N-ethyl adjacent to an activating group) is 1. The molecule has 270 valence electrons. The molecule has 2 bridgehead atoms. The number of likely N-dealkylation sites (tertiary alicyclic amines) is 1. The molecule has 1 aliphatic heterocycles. The summed E-state index contributed by atoms with van der Waals surface area (Å²) in [6, 6.07) is 8.35. The lowest BCUT2D eigenvalue weighted by molar-refractivity contribution is -0.135. The third-order valence-corrected chi connectivity index (χ3v) is 11.6. The van der Waals surface area contributed by atoms with Gasteiger partial charge in [0.1, 0.15) is 17.7 Å². The van der Waals surface area contributed by atoms with Crippen LogP contribution >= 0.6 is 0 Å². The van der Waals surface area contributed by atoms with Crippen molar-refractivity contribution in [1.82, 2.24) is 40.8 Å². The molecule has 3 aliphatic carbocycles. The second kappa shape index (κ2) is 15.4. The van der Waals surface area contributed by atoms with Gasteiger partial charge < -0.3 is 35.6 Å². The second-order valence-corrected chi connectivity index (χ2v) is 14.9. The lowest BCUT2D eigenvalue weighted by Crippen LogP contribution is -2.51. The zero-order chi connectivity index (χ0) is 35.3. The molecular formula is C38H54N8O4. The number of aryl methyl sites for hydroxylation is 1. The number of imidazole rings is 2. The number of amides is 3. The molecular weight excluding hydrogens is 632 g/mol. The van der Waals surface area contributed by atoms with Crippen molar-refractivity contribution < 1.29 is 19.1 Å². The van der Waals surface area contributed by atoms with Crippen molar-refractivity contribution in [1.29, 1.82) is 0 Å². The van der Waals surface area contributed by atoms with Crippen LogP contribution in [0.25, 0.3) is 11.3 Å². The highest BCUT2D eigenvalue weighted by Gasteiger charge is 2.51. The smallest absolute Gasteiger partial charge is 0.407 e. The minimum absolute atomic E-state index is 0.0269. The molecule has 4 aliphatic rings. The van der Waals surface area contributed by atoms with Gasteiger partial charge in [0.05, 0.1) is 31.6 Å². The van der Waals surface area contributed by atoms with Crippen LogP contribution in [0.5, 0.6) is 0 Å². The van der Waals surface area contributed by atoms with E-state index in [1.54, 1.807) is 7.05 Å². The topological polar surface area (TPSA) is 157 Å². The highest BCUT2D eigenvalue weighted by Crippen LogP contribution is 2.58. The third-order valence-electron chi connectivity index (χ3n) is 11.6. The normalized spacial score (nSPS) is 23.6. The second-order valence-electron chi connectivity index (χ2n) is 14.9. The fraction of sp³-hybridized carbons (Fsp3) is 0.605. The first-order valence-corrected chi connectivity index (χ1v) is 18.4. The average molecular weight is 687 g/mol. The van der Waals surface area contributed by atoms with Crippen molar-refractivity contribution in [2.45, 2.75) is 107 Å². The number of hydrogen-bond acceptors (Lipinski definition) is 7. The predicted octanol–water partition coefficient (Wildman–Crippen LogP) is 5.05. The van der Waals surface area contributed by atoms with E-state index in [1.165, 1.54) is 18.4 Å². The van der Waals surface area contributed by atoms with Gasteiger partial charge in [-0.05, 0) is 93.7 Å². The number of hydrogen-bond donors (Lipinski definition) is 5. The molecule has 5 N–H and O–H groups in total. The summed E-state index contributed by atoms with van der Waals surface area (Å²) in [7, 11) is 3.09. The first-order valence-electron chi connectivity index (χ1n) is 18.4. The summed E-state index contributed by atoms with van der Waals surface area (Å²) in [5, 5.41) is 8.52. The van der Waals surface area contributed by atoms with E-state index < -0.39 is 12.1 Å². The fourth-order valence-electron chi connectivity index (χ4n) is 8.50. The Labute approximate surface area is 295 Å². The van der Waals surface area contributed by atoms with E-state index >= 15 is 0 Å². The number of carbonyl (C=O) groups excluding carboxylic acids is 3. The molecule has 0 radical (unpaired) electrons. The summed E-state index contributed by atoms with van der Waals surface area (Å²) in [6.07, 6.45) is 14.6. The van der Waals surface area contributed by atoms with Crippen LogP contribution in [0.15, 0.2) is 36.7 Å². The maximum Gasteiger partial charge on any atom is 0.407 e. The van der Waals surface area contributed by atoms with Gasteiger partial charge in [0.2, 0.25) is 11.8 Å². The Morgan fingerprint density at radius 3 is 2.38 bits per heavy atom. The number of unbranched alkanes of at least 4 members (excludes halogenated alkanes) is 1. The molecule has 7 rings (SSSR count). The van der Waals surface area contributed by atoms with Gasteiger partial charge in [-0.2, -0.15) is 0 Å². The molecule has 2 atom stereocenters. The lowest BCUT2D eigenvalue weighted by Gasteiger charge is -2.53. The third kappa shape index (κ3) is 7.45. The number of ether oxygens (including phenoxy) is 1. The van der Waals surface area contributed by atoms with Crippen molar-refractivity contribution in [3.05, 3.63) is 59.6 Å². The Balaban J connectivity index is 1.04. The van der Waals surface area contributed by atoms with Crippen molar-refractivity contribution in [3.8, 4) is 11.3 Å². The molecule has 3 aromatic rings. The number of nitrogens with zero attached hydrogens (tertiary/aromatic N) is 3. The van der Waals surface area contributed by atoms with Gasteiger partial charge in [0.15, 0.2) is 0 Å². The molecule has 0 spiro atoms. The molecule has 2 aromatic heterocycles. The number of benzene rings is 1. The van der Waals surface area contributed by atoms with Crippen molar-refractivity contribution in [2.24, 2.45) is 5.92 Å². The zero-order valence-corrected chi connectivity index (χ0v) is 30.1. The van der Waals surface area contributed by atoms with Crippen molar-refractivity contribution in [3.63, 3.8) is 0 Å². The van der Waals surface area contributed by atoms with Crippen molar-refractivity contribution in [2.75, 3.05) is 33.8 Å². The van der Waals surface area contributed by atoms with Gasteiger partial charge in [-0.25, -0.2) is 14.8 Å². The largest absolute Gasteiger partial charge is 0.453 e. The van der Waals surface area contributed by atoms with E-state index in [-0.39, 0.29) is 34.6 Å². The average Bonchev–Trinajstić information content (AvgIpc) is 3.93. The number of rotatable bonds is 14. The summed E-state index contributed by atoms with van der Waals surface area (Å²) < 4.78 is 4.79. The number of aromatic amines is 2. The van der Waals surface area contributed by atoms with Gasteiger partial charge in [-0.15, -0.1) is 0 Å². The molecule has 1 saturated heterocycles. The quantitative estimate of drug-likeness (QED) is 0.149. The number of carbonyl (C=O) groups is 3. The lowest BCUT2D eigenvalue weighted by atomic mass is 9.51. The van der Waals surface area contributed by atoms with E-state index in [9.17, 15) is 14.4 Å². The van der Waals surface area contributed by atoms with Crippen LogP contribution in [0.3, 0.4) is 0 Å². The number of fused-ring (bicyclic) bond motifs is 3. The van der Waals surface area contributed by atoms with Gasteiger partial charge in [0, 0.05) is 36.8 Å². The van der Waals surface area contributed by atoms with Crippen LogP contribution in [0.4, 0.5) is 4.79 Å². The van der Waals surface area contributed by atoms with Crippen LogP contribution < -0.4 is 16.0 Å². The monoisotopic (exact) mass is 686 g/mol. The van der Waals surface area contributed by atoms with Crippen molar-refractivity contribution >= 4 is 17.9 Å². The number of methoxy groups -OCH3 is 1. The molecule has 4 fully saturated rings. The minimum atomic E-state index is -0.641. The van der Waals surface area contributed by atoms with Crippen LogP contribution in [-0.2, 0) is 31.6 Å². The molecule has 50 heavy (non-hydrogen) atoms. The summed E-state index contributed by atoms with van der Waals surface area (Å²) in [5.74, 6) is 1.71. The molecule has 3 amide bonds. The number of alkyl carbamates (subject to hydrolysis) is 1. The van der Waals surface area contributed by atoms with Crippen LogP contribution in [0, 0.1) is 5.92 Å². The van der Waals surface area contributed by atoms with Gasteiger partial charge >= 0.3 is 6.09 Å². The standard InChI is InChI=1S/C38H54N8O4/c1-25(2)33(45-36(49)50-4)35(48)46-21-7-8-29(46)34-42-23-30(44-34)38-17-14-37(15-18-38,16-19-38)27-12-10-26(11-13-27)28-22-41-31(43-28)9-5-6-20-40-32(47)24-39-3/h10-13,22-23,25,29,33,39H,5-9,14-21,24H2,1-4H3,(H,40,47)(H,41,43)(H,42,44)(H,45,49). The molecule has 3 heterocycles. The maximum atomic E-state index is 13.6. The summed E-state index contributed by atoms with van der Waals surface area (Å²) in [4.78, 5) is 55.7. The molecule has 12 nitrogen and oxygen atoms in total. The first-order chi connectivity index (χ1) is 24.2. The predicted molar refractivity (Wildman–Crippen MR) is 191 cm³/mol. The Morgan fingerprint density at radius 2 is 1.70 bits per heavy atom. The van der Waals surface area contributed by atoms with Gasteiger partial charge in [0.25, 0.3) is 0 Å². The highest BCUT2D eigenvalue weighted by atomic mass is 16.5. The molecule has 12 heteroatoms. The Bertz CT molecular complexity index is 1600. The van der Waals surface area contributed by atoms with E-state index in [0.717, 1.165) is 93.5 Å². The van der Waals surface area contributed by atoms with E-state index in [0.29, 0.717) is 19.6 Å². The number of aromatic nitrogens is 4. The summed E-state index contributed by atoms with van der Waals surface area (Å²) in [5.41, 5.74) is 5.12. The molecule has 1 aromatic carbocycles. The van der Waals surface area contributed by atoms with E-state index in [2.05, 4.69) is 55.2 Å². The van der Waals surface area contributed by atoms with Crippen LogP contribution in [0.1, 0.15) is 107 Å². The Hall–Kier alpha value is -4.19. The fourth-order valence-corrected chi connectivity index (χ4v) is 8.50. The number of nitrogens with one attached hydrogen (secondary N) is 5.